The van der Waals surface area contributed by atoms with Crippen LogP contribution < -0.4 is 16.0 Å². The molecule has 3 saturated heterocycles. The van der Waals surface area contributed by atoms with E-state index in [4.69, 9.17) is 0 Å². The molecule has 12 amide bonds. The van der Waals surface area contributed by atoms with Crippen molar-refractivity contribution in [3.8, 4) is 0 Å². The van der Waals surface area contributed by atoms with E-state index >= 15 is 46.3 Å². The first-order valence-electron chi connectivity index (χ1n) is 38.4. The fraction of sp³-hybridized carbons (Fsp3) is 0.838. The van der Waals surface area contributed by atoms with Crippen molar-refractivity contribution >= 4 is 70.9 Å². The highest BCUT2D eigenvalue weighted by Crippen LogP contribution is 2.46. The third-order valence-electron chi connectivity index (χ3n) is 24.1. The largest absolute Gasteiger partial charge is 0.397 e. The van der Waals surface area contributed by atoms with E-state index < -0.39 is 249 Å². The van der Waals surface area contributed by atoms with Crippen molar-refractivity contribution in [3.63, 3.8) is 0 Å². The summed E-state index contributed by atoms with van der Waals surface area (Å²) in [5, 5.41) is 7.95. The van der Waals surface area contributed by atoms with E-state index in [2.05, 4.69) is 16.0 Å². The maximum Gasteiger partial charge on any atom is 0.397 e. The van der Waals surface area contributed by atoms with Gasteiger partial charge in [0, 0.05) is 69.3 Å². The minimum atomic E-state index is -5.28. The molecule has 2 bridgehead atoms. The summed E-state index contributed by atoms with van der Waals surface area (Å²) in [5.74, 6) is -22.7. The van der Waals surface area contributed by atoms with Crippen LogP contribution in [-0.2, 0) is 57.5 Å². The molecule has 3 heterocycles. The molecule has 108 heavy (non-hydrogen) atoms. The van der Waals surface area contributed by atoms with Gasteiger partial charge < -0.3 is 60.0 Å². The van der Waals surface area contributed by atoms with Crippen molar-refractivity contribution < 1.29 is 101 Å². The van der Waals surface area contributed by atoms with E-state index in [1.165, 1.54) is 54.2 Å². The van der Waals surface area contributed by atoms with Crippen molar-refractivity contribution in [1.29, 1.82) is 0 Å². The van der Waals surface area contributed by atoms with Crippen LogP contribution >= 0.6 is 0 Å². The van der Waals surface area contributed by atoms with Crippen LogP contribution in [0.25, 0.3) is 0 Å². The fourth-order valence-electron chi connectivity index (χ4n) is 17.4. The Hall–Kier alpha value is -7.06. The van der Waals surface area contributed by atoms with Gasteiger partial charge in [0.25, 0.3) is 5.92 Å². The number of nitrogens with zero attached hydrogens (tertiary/aromatic N) is 9. The summed E-state index contributed by atoms with van der Waals surface area (Å²) in [7, 11) is 10.5. The fourth-order valence-corrected chi connectivity index (χ4v) is 17.4. The van der Waals surface area contributed by atoms with Crippen LogP contribution in [0.2, 0.25) is 0 Å². The summed E-state index contributed by atoms with van der Waals surface area (Å²) in [6.07, 6.45) is -17.3. The Balaban J connectivity index is 1.33. The van der Waals surface area contributed by atoms with Gasteiger partial charge in [-0.1, -0.05) is 72.6 Å². The van der Waals surface area contributed by atoms with E-state index in [1.807, 2.05) is 0 Å². The first kappa shape index (κ1) is 88.2. The van der Waals surface area contributed by atoms with Crippen molar-refractivity contribution in [1.82, 2.24) is 60.0 Å². The molecule has 11 atom stereocenters. The zero-order chi connectivity index (χ0) is 80.6. The molecule has 0 radical (unpaired) electrons. The number of hydrogen-bond acceptors (Lipinski definition) is 12. The predicted octanol–water partition coefficient (Wildman–Crippen LogP) is 7.20. The standard InChI is InChI=1S/C74H114F10N12O12/c1-13-43(4)60-68(106)90(8)40-58(99)91(9)51-23-15-14-20-32-95(67(51)105)54(36-44-24-27-47(28-25-44)73(79,80)81)66(104)89(7)39-56(97)85-50(29-26-45-34-48(75)59(49(76)35-45)74(82,83)84)64(102)96-41-72(77,78)38-55(96)63(101)87-71(30-18-19-31-71)70(108)94(12)61(46-21-16-17-22-46)69(107)93(11)53(65(103)88(5)6)37-57(98)92(10)52(33-42(2)3)62(100)86-60/h42-55,59-61H,13-41H2,1-12H3,(H,85,97)(H,86,100)(H,87,101)/t43-,44?,45?,47?,48?,49?,50-,51-,52-,53-,54-,55-,59?,60-,61-/m0/s1. The van der Waals surface area contributed by atoms with Gasteiger partial charge in [-0.2, -0.15) is 26.3 Å². The van der Waals surface area contributed by atoms with Gasteiger partial charge in [-0.3, -0.25) is 57.5 Å². The molecule has 0 aromatic carbocycles. The second kappa shape index (κ2) is 36.8. The van der Waals surface area contributed by atoms with Crippen molar-refractivity contribution in [2.75, 3.05) is 82.6 Å². The monoisotopic (exact) mass is 1550 g/mol. The molecular formula is C74H114F10N12O12. The number of nitrogens with one attached hydrogen (secondary N) is 3. The van der Waals surface area contributed by atoms with E-state index in [1.54, 1.807) is 27.7 Å². The summed E-state index contributed by atoms with van der Waals surface area (Å²) in [6, 6.07) is -12.6. The minimum absolute atomic E-state index is 0.0245. The molecule has 0 aromatic rings. The molecule has 7 fully saturated rings. The average molecular weight is 1550 g/mol. The predicted molar refractivity (Wildman–Crippen MR) is 375 cm³/mol. The Morgan fingerprint density at radius 3 is 1.75 bits per heavy atom. The van der Waals surface area contributed by atoms with Gasteiger partial charge in [0.05, 0.1) is 32.0 Å². The SMILES string of the molecule is CC[C@H](C)[C@@H]1NC(=O)[C@H](CC(C)C)N(C)C(=O)C[C@@H](C(=O)N(C)C)N(C)C(=O)[C@H](C2CCCC2)N(C)C(=O)C2(CCCC2)NC(=O)[C@@H]2CC(F)(F)CN2C(=O)[C@H](CCC2CC(F)C(C(F)(F)F)C(F)C2)NC(=O)CN(C)C(=O)[C@H](CC2CCC(C(F)(F)F)CC2)N2CCCCC[C@@H](C2=O)N(C)C(=O)CN(C)C1=O. The van der Waals surface area contributed by atoms with E-state index in [9.17, 15) is 55.1 Å². The Morgan fingerprint density at radius 2 is 1.19 bits per heavy atom. The number of likely N-dealkylation sites (N-methyl/N-ethyl adjacent to an activating group) is 7. The highest BCUT2D eigenvalue weighted by Gasteiger charge is 2.57. The van der Waals surface area contributed by atoms with Crippen LogP contribution in [0.1, 0.15) is 188 Å². The molecule has 7 aliphatic rings. The van der Waals surface area contributed by atoms with Crippen LogP contribution in [0, 0.1) is 41.4 Å². The number of fused-ring (bicyclic) bond motifs is 3. The van der Waals surface area contributed by atoms with Crippen molar-refractivity contribution in [2.24, 2.45) is 41.4 Å². The number of alkyl halides is 10. The molecule has 7 rings (SSSR count). The lowest BCUT2D eigenvalue weighted by Crippen LogP contribution is -2.65. The smallest absolute Gasteiger partial charge is 0.347 e. The number of carbonyl (C=O) groups is 12. The Bertz CT molecular complexity index is 3210. The lowest BCUT2D eigenvalue weighted by molar-refractivity contribution is -0.219. The summed E-state index contributed by atoms with van der Waals surface area (Å²) < 4.78 is 147. The van der Waals surface area contributed by atoms with Crippen LogP contribution in [0.3, 0.4) is 0 Å². The first-order valence-corrected chi connectivity index (χ1v) is 38.4. The van der Waals surface area contributed by atoms with Crippen molar-refractivity contribution in [2.45, 2.75) is 273 Å². The number of halogens is 10. The molecule has 0 aromatic heterocycles. The first-order chi connectivity index (χ1) is 50.3. The summed E-state index contributed by atoms with van der Waals surface area (Å²) in [4.78, 5) is 190. The molecule has 4 aliphatic carbocycles. The Morgan fingerprint density at radius 1 is 0.593 bits per heavy atom. The molecular weight excluding hydrogens is 1440 g/mol. The zero-order valence-corrected chi connectivity index (χ0v) is 64.5. The van der Waals surface area contributed by atoms with E-state index in [0.717, 1.165) is 41.3 Å². The van der Waals surface area contributed by atoms with Gasteiger partial charge in [0.15, 0.2) is 0 Å². The Kier molecular flexibility index (Phi) is 30.1. The van der Waals surface area contributed by atoms with Crippen molar-refractivity contribution in [3.05, 3.63) is 0 Å². The van der Waals surface area contributed by atoms with Gasteiger partial charge in [-0.15, -0.1) is 0 Å². The summed E-state index contributed by atoms with van der Waals surface area (Å²) in [5.41, 5.74) is -1.93. The highest BCUT2D eigenvalue weighted by molar-refractivity contribution is 6.01. The average Bonchev–Trinajstić information content (AvgIpc) is 1.55. The quantitative estimate of drug-likeness (QED) is 0.173. The third-order valence-corrected chi connectivity index (χ3v) is 24.1. The molecule has 3 N–H and O–H groups in total. The zero-order valence-electron chi connectivity index (χ0n) is 64.5. The molecule has 612 valence electrons. The lowest BCUT2D eigenvalue weighted by Gasteiger charge is -2.42. The number of amides is 12. The number of carbonyl (C=O) groups excluding carboxylic acids is 12. The van der Waals surface area contributed by atoms with Gasteiger partial charge in [0.2, 0.25) is 70.9 Å². The third kappa shape index (κ3) is 21.3. The number of hydrogen-bond donors (Lipinski definition) is 3. The van der Waals surface area contributed by atoms with Crippen LogP contribution in [0.5, 0.6) is 0 Å². The molecule has 2 unspecified atom stereocenters. The summed E-state index contributed by atoms with van der Waals surface area (Å²) in [6.45, 7) is 3.78. The van der Waals surface area contributed by atoms with Crippen LogP contribution in [-0.4, -0.2) is 282 Å². The highest BCUT2D eigenvalue weighted by atomic mass is 19.4. The normalized spacial score (nSPS) is 31.8. The van der Waals surface area contributed by atoms with Crippen LogP contribution in [0.4, 0.5) is 43.9 Å². The number of rotatable bonds is 11. The van der Waals surface area contributed by atoms with Gasteiger partial charge in [0.1, 0.15) is 72.1 Å². The topological polar surface area (TPSA) is 270 Å². The summed E-state index contributed by atoms with van der Waals surface area (Å²) >= 11 is 0. The van der Waals surface area contributed by atoms with Gasteiger partial charge in [-0.05, 0) is 132 Å². The van der Waals surface area contributed by atoms with Gasteiger partial charge >= 0.3 is 12.4 Å². The van der Waals surface area contributed by atoms with Crippen LogP contribution in [0.15, 0.2) is 0 Å². The lowest BCUT2D eigenvalue weighted by atomic mass is 9.76. The molecule has 34 heteroatoms. The van der Waals surface area contributed by atoms with Gasteiger partial charge in [-0.25, -0.2) is 17.6 Å². The van der Waals surface area contributed by atoms with E-state index in [-0.39, 0.29) is 83.1 Å². The minimum Gasteiger partial charge on any atom is -0.347 e. The molecule has 24 nitrogen and oxygen atoms in total. The second-order valence-corrected chi connectivity index (χ2v) is 32.6. The molecule has 1 spiro atoms. The maximum atomic E-state index is 16.2. The Labute approximate surface area is 626 Å². The molecule has 4 saturated carbocycles. The maximum absolute atomic E-state index is 16.2. The molecule has 3 aliphatic heterocycles. The van der Waals surface area contributed by atoms with E-state index in [0.29, 0.717) is 56.3 Å². The second-order valence-electron chi connectivity index (χ2n) is 32.6.